The largest absolute Gasteiger partial charge is 0.416 e. The molecule has 4 aromatic carbocycles. The van der Waals surface area contributed by atoms with Crippen LogP contribution in [-0.4, -0.2) is 30.8 Å². The monoisotopic (exact) mass is 583 g/mol. The number of hydrogen-bond acceptors (Lipinski definition) is 4. The number of fused-ring (bicyclic) bond motifs is 1. The van der Waals surface area contributed by atoms with Crippen LogP contribution in [0.3, 0.4) is 0 Å². The molecule has 1 aromatic heterocycles. The lowest BCUT2D eigenvalue weighted by molar-refractivity contribution is -0.137. The first-order chi connectivity index (χ1) is 19.4. The molecule has 2 unspecified atom stereocenters. The summed E-state index contributed by atoms with van der Waals surface area (Å²) in [7, 11) is -4.21. The lowest BCUT2D eigenvalue weighted by atomic mass is 10.0. The fraction of sp³-hybridized carbons (Fsp3) is 0.161. The van der Waals surface area contributed by atoms with Gasteiger partial charge in [0.2, 0.25) is 0 Å². The molecular formula is C31H25F4NO4S. The second-order valence-electron chi connectivity index (χ2n) is 9.66. The van der Waals surface area contributed by atoms with E-state index in [0.29, 0.717) is 27.6 Å². The fourth-order valence-corrected chi connectivity index (χ4v) is 5.71. The number of aryl methyl sites for hydroxylation is 1. The number of para-hydroxylation sites is 1. The molecule has 5 rings (SSSR count). The van der Waals surface area contributed by atoms with E-state index >= 15 is 0 Å². The van der Waals surface area contributed by atoms with E-state index < -0.39 is 46.4 Å². The van der Waals surface area contributed by atoms with Crippen LogP contribution < -0.4 is 0 Å². The first kappa shape index (κ1) is 28.5. The van der Waals surface area contributed by atoms with Crippen LogP contribution in [0.4, 0.5) is 17.6 Å². The summed E-state index contributed by atoms with van der Waals surface area (Å²) < 4.78 is 86.3. The Morgan fingerprint density at radius 3 is 2.24 bits per heavy atom. The van der Waals surface area contributed by atoms with Crippen molar-refractivity contribution in [3.63, 3.8) is 0 Å². The highest BCUT2D eigenvalue weighted by Crippen LogP contribution is 2.37. The van der Waals surface area contributed by atoms with E-state index in [2.05, 4.69) is 0 Å². The molecule has 1 heterocycles. The minimum atomic E-state index is -4.49. The topological polar surface area (TPSA) is 68.5 Å². The van der Waals surface area contributed by atoms with Crippen molar-refractivity contribution < 1.29 is 35.3 Å². The number of benzene rings is 4. The first-order valence-corrected chi connectivity index (χ1v) is 14.0. The second kappa shape index (κ2) is 11.1. The van der Waals surface area contributed by atoms with Crippen LogP contribution in [0.2, 0.25) is 0 Å². The molecule has 0 aliphatic carbocycles. The number of hydrogen-bond donors (Lipinski definition) is 1. The van der Waals surface area contributed by atoms with Gasteiger partial charge in [-0.1, -0.05) is 60.2 Å². The minimum Gasteiger partial charge on any atom is -0.388 e. The molecule has 0 saturated carbocycles. The van der Waals surface area contributed by atoms with Crippen LogP contribution in [0.25, 0.3) is 22.0 Å². The van der Waals surface area contributed by atoms with Gasteiger partial charge in [0.1, 0.15) is 11.9 Å². The summed E-state index contributed by atoms with van der Waals surface area (Å²) >= 11 is 0. The van der Waals surface area contributed by atoms with Crippen LogP contribution in [0.15, 0.2) is 108 Å². The van der Waals surface area contributed by atoms with Crippen molar-refractivity contribution in [2.45, 2.75) is 30.1 Å². The Labute approximate surface area is 234 Å². The number of nitrogens with zero attached hydrogens (tertiary/aromatic N) is 1. The van der Waals surface area contributed by atoms with Gasteiger partial charge in [-0.25, -0.2) is 4.39 Å². The summed E-state index contributed by atoms with van der Waals surface area (Å²) in [6.45, 7) is 1.17. The molecule has 0 amide bonds. The van der Waals surface area contributed by atoms with Crippen molar-refractivity contribution >= 4 is 21.0 Å². The summed E-state index contributed by atoms with van der Waals surface area (Å²) in [6.07, 6.45) is -4.30. The number of rotatable bonds is 8. The van der Waals surface area contributed by atoms with Gasteiger partial charge in [0.15, 0.2) is 0 Å². The van der Waals surface area contributed by atoms with Gasteiger partial charge in [0.05, 0.1) is 23.1 Å². The zero-order valence-corrected chi connectivity index (χ0v) is 22.5. The van der Waals surface area contributed by atoms with E-state index in [1.807, 2.05) is 6.92 Å². The Hall–Kier alpha value is -3.99. The van der Waals surface area contributed by atoms with Gasteiger partial charge in [-0.2, -0.15) is 21.6 Å². The van der Waals surface area contributed by atoms with Gasteiger partial charge in [-0.05, 0) is 60.5 Å². The molecular weight excluding hydrogens is 558 g/mol. The van der Waals surface area contributed by atoms with Crippen LogP contribution >= 0.6 is 0 Å². The summed E-state index contributed by atoms with van der Waals surface area (Å²) in [5.41, 5.74) is 2.09. The lowest BCUT2D eigenvalue weighted by Crippen LogP contribution is -2.30. The average Bonchev–Trinajstić information content (AvgIpc) is 3.31. The molecule has 5 nitrogen and oxygen atoms in total. The number of aromatic nitrogens is 1. The van der Waals surface area contributed by atoms with Crippen LogP contribution in [0.1, 0.15) is 22.7 Å². The quantitative estimate of drug-likeness (QED) is 0.156. The van der Waals surface area contributed by atoms with Crippen LogP contribution in [0.5, 0.6) is 0 Å². The van der Waals surface area contributed by atoms with Crippen molar-refractivity contribution in [1.82, 2.24) is 4.57 Å². The van der Waals surface area contributed by atoms with E-state index in [0.717, 1.165) is 17.7 Å². The Morgan fingerprint density at radius 2 is 1.59 bits per heavy atom. The molecule has 5 aromatic rings. The summed E-state index contributed by atoms with van der Waals surface area (Å²) in [5, 5.41) is 12.0. The molecule has 0 aliphatic rings. The molecule has 0 bridgehead atoms. The molecule has 0 fully saturated rings. The Morgan fingerprint density at radius 1 is 0.902 bits per heavy atom. The highest BCUT2D eigenvalue weighted by molar-refractivity contribution is 7.86. The van der Waals surface area contributed by atoms with Crippen molar-refractivity contribution in [2.75, 3.05) is 6.61 Å². The third-order valence-electron chi connectivity index (χ3n) is 6.82. The van der Waals surface area contributed by atoms with Crippen molar-refractivity contribution in [3.05, 3.63) is 126 Å². The summed E-state index contributed by atoms with van der Waals surface area (Å²) in [4.78, 5) is -0.0754. The number of halogens is 4. The molecule has 2 atom stereocenters. The highest BCUT2D eigenvalue weighted by Gasteiger charge is 2.31. The van der Waals surface area contributed by atoms with Crippen molar-refractivity contribution in [1.29, 1.82) is 0 Å². The molecule has 1 N–H and O–H groups in total. The smallest absolute Gasteiger partial charge is 0.388 e. The summed E-state index contributed by atoms with van der Waals surface area (Å²) in [6, 6.07) is 22.3. The molecule has 0 saturated heterocycles. The van der Waals surface area contributed by atoms with E-state index in [1.165, 1.54) is 42.5 Å². The standard InChI is InChI=1S/C31H25F4NO4S/c1-20-9-15-25(16-10-20)41(38,39)40-19-29(37)30(22-5-4-6-24(32)17-22)36-18-27(26-7-2-3-8-28(26)36)21-11-13-23(14-12-21)31(33,34)35/h2-18,29-30,37H,19H2,1H3. The average molecular weight is 584 g/mol. The summed E-state index contributed by atoms with van der Waals surface area (Å²) in [5.74, 6) is -0.563. The van der Waals surface area contributed by atoms with Gasteiger partial charge in [-0.3, -0.25) is 4.18 Å². The molecule has 0 aliphatic heterocycles. The van der Waals surface area contributed by atoms with Gasteiger partial charge >= 0.3 is 6.18 Å². The van der Waals surface area contributed by atoms with Gasteiger partial charge < -0.3 is 9.67 Å². The Bertz CT molecular complexity index is 1780. The molecule has 212 valence electrons. The first-order valence-electron chi connectivity index (χ1n) is 12.6. The maximum atomic E-state index is 14.3. The van der Waals surface area contributed by atoms with Crippen molar-refractivity contribution in [2.24, 2.45) is 0 Å². The Kier molecular flexibility index (Phi) is 7.74. The van der Waals surface area contributed by atoms with Gasteiger partial charge in [0, 0.05) is 22.7 Å². The van der Waals surface area contributed by atoms with E-state index in [1.54, 1.807) is 53.2 Å². The third-order valence-corrected chi connectivity index (χ3v) is 8.12. The molecule has 0 radical (unpaired) electrons. The second-order valence-corrected chi connectivity index (χ2v) is 11.3. The van der Waals surface area contributed by atoms with E-state index in [4.69, 9.17) is 4.18 Å². The SMILES string of the molecule is Cc1ccc(S(=O)(=O)OCC(O)C(c2cccc(F)c2)n2cc(-c3ccc(C(F)(F)F)cc3)c3ccccc32)cc1. The number of alkyl halides is 3. The van der Waals surface area contributed by atoms with E-state index in [-0.39, 0.29) is 4.90 Å². The van der Waals surface area contributed by atoms with Crippen molar-refractivity contribution in [3.8, 4) is 11.1 Å². The maximum Gasteiger partial charge on any atom is 0.416 e. The normalized spacial score (nSPS) is 13.8. The zero-order valence-electron chi connectivity index (χ0n) is 21.7. The minimum absolute atomic E-state index is 0.0754. The number of aliphatic hydroxyl groups is 1. The number of aliphatic hydroxyl groups excluding tert-OH is 1. The van der Waals surface area contributed by atoms with Crippen LogP contribution in [0, 0.1) is 12.7 Å². The fourth-order valence-electron chi connectivity index (χ4n) is 4.79. The lowest BCUT2D eigenvalue weighted by Gasteiger charge is -2.26. The maximum absolute atomic E-state index is 14.3. The zero-order chi connectivity index (χ0) is 29.4. The Balaban J connectivity index is 1.56. The van der Waals surface area contributed by atoms with Gasteiger partial charge in [0.25, 0.3) is 10.1 Å². The molecule has 0 spiro atoms. The molecule has 10 heteroatoms. The van der Waals surface area contributed by atoms with E-state index in [9.17, 15) is 31.1 Å². The molecule has 41 heavy (non-hydrogen) atoms. The van der Waals surface area contributed by atoms with Crippen LogP contribution in [-0.2, 0) is 20.5 Å². The highest BCUT2D eigenvalue weighted by atomic mass is 32.2. The van der Waals surface area contributed by atoms with Gasteiger partial charge in [-0.15, -0.1) is 0 Å². The predicted octanol–water partition coefficient (Wildman–Crippen LogP) is 7.13. The predicted molar refractivity (Wildman–Crippen MR) is 147 cm³/mol. The third kappa shape index (κ3) is 6.04.